The molecule has 0 aliphatic rings. The van der Waals surface area contributed by atoms with Crippen molar-refractivity contribution in [2.75, 3.05) is 11.1 Å². The predicted molar refractivity (Wildman–Crippen MR) is 98.8 cm³/mol. The summed E-state index contributed by atoms with van der Waals surface area (Å²) in [5.41, 5.74) is -0.343. The summed E-state index contributed by atoms with van der Waals surface area (Å²) in [4.78, 5) is 24.6. The molecule has 0 spiro atoms. The maximum absolute atomic E-state index is 14.1. The first-order valence-corrected chi connectivity index (χ1v) is 9.43. The highest BCUT2D eigenvalue weighted by molar-refractivity contribution is 8.01. The molecular weight excluding hydrogens is 377 g/mol. The van der Waals surface area contributed by atoms with Crippen molar-refractivity contribution in [1.29, 1.82) is 0 Å². The molecule has 0 bridgehead atoms. The van der Waals surface area contributed by atoms with Gasteiger partial charge in [-0.2, -0.15) is 5.10 Å². The third kappa shape index (κ3) is 3.81. The maximum atomic E-state index is 14.1. The molecular formula is C16H14FN5O2S2. The highest BCUT2D eigenvalue weighted by atomic mass is 32.2. The first-order chi connectivity index (χ1) is 12.5. The van der Waals surface area contributed by atoms with Crippen LogP contribution in [0.5, 0.6) is 0 Å². The van der Waals surface area contributed by atoms with Crippen LogP contribution in [0.1, 0.15) is 23.1 Å². The van der Waals surface area contributed by atoms with Crippen LogP contribution >= 0.6 is 23.1 Å². The smallest absolute Gasteiger partial charge is 0.282 e. The van der Waals surface area contributed by atoms with Gasteiger partial charge in [0.15, 0.2) is 10.0 Å². The van der Waals surface area contributed by atoms with E-state index in [2.05, 4.69) is 20.6 Å². The Morgan fingerprint density at radius 3 is 2.85 bits per heavy atom. The van der Waals surface area contributed by atoms with Crippen LogP contribution in [0.2, 0.25) is 0 Å². The van der Waals surface area contributed by atoms with E-state index in [1.165, 1.54) is 46.0 Å². The summed E-state index contributed by atoms with van der Waals surface area (Å²) in [5.74, 6) is -0.400. The summed E-state index contributed by atoms with van der Waals surface area (Å²) in [6, 6.07) is 7.23. The average Bonchev–Trinajstić information content (AvgIpc) is 3.03. The lowest BCUT2D eigenvalue weighted by Crippen LogP contribution is -2.27. The molecule has 2 heterocycles. The van der Waals surface area contributed by atoms with Crippen LogP contribution in [0.4, 0.5) is 9.52 Å². The number of rotatable bonds is 5. The van der Waals surface area contributed by atoms with Crippen LogP contribution in [-0.4, -0.2) is 31.6 Å². The molecule has 0 saturated heterocycles. The summed E-state index contributed by atoms with van der Waals surface area (Å²) in [7, 11) is 0. The van der Waals surface area contributed by atoms with Gasteiger partial charge in [-0.05, 0) is 24.8 Å². The second-order valence-electron chi connectivity index (χ2n) is 5.12. The molecule has 0 aliphatic carbocycles. The summed E-state index contributed by atoms with van der Waals surface area (Å²) in [6.07, 6.45) is 0. The molecule has 0 fully saturated rings. The zero-order valence-electron chi connectivity index (χ0n) is 13.9. The van der Waals surface area contributed by atoms with Gasteiger partial charge in [-0.3, -0.25) is 14.9 Å². The molecule has 0 radical (unpaired) electrons. The number of nitrogens with one attached hydrogen (secondary N) is 1. The van der Waals surface area contributed by atoms with E-state index < -0.39 is 17.2 Å². The lowest BCUT2D eigenvalue weighted by atomic mass is 10.2. The minimum absolute atomic E-state index is 0.150. The fraction of sp³-hybridized carbons (Fsp3) is 0.188. The van der Waals surface area contributed by atoms with Gasteiger partial charge in [-0.1, -0.05) is 42.2 Å². The Morgan fingerprint density at radius 2 is 2.12 bits per heavy atom. The quantitative estimate of drug-likeness (QED) is 0.531. The zero-order chi connectivity index (χ0) is 18.7. The lowest BCUT2D eigenvalue weighted by molar-refractivity contribution is 0.101. The van der Waals surface area contributed by atoms with Crippen LogP contribution in [0.15, 0.2) is 39.5 Å². The molecule has 0 unspecified atom stereocenters. The molecule has 0 atom stereocenters. The van der Waals surface area contributed by atoms with Crippen LogP contribution in [-0.2, 0) is 0 Å². The average molecular weight is 391 g/mol. The van der Waals surface area contributed by atoms with Gasteiger partial charge in [0.1, 0.15) is 11.5 Å². The van der Waals surface area contributed by atoms with E-state index in [9.17, 15) is 14.0 Å². The third-order valence-corrected chi connectivity index (χ3v) is 5.15. The van der Waals surface area contributed by atoms with Crippen molar-refractivity contribution < 1.29 is 9.18 Å². The monoisotopic (exact) mass is 391 g/mol. The predicted octanol–water partition coefficient (Wildman–Crippen LogP) is 2.90. The van der Waals surface area contributed by atoms with Crippen LogP contribution in [0, 0.1) is 12.7 Å². The topological polar surface area (TPSA) is 89.8 Å². The normalized spacial score (nSPS) is 10.7. The van der Waals surface area contributed by atoms with Crippen LogP contribution in [0.25, 0.3) is 5.69 Å². The Labute approximate surface area is 156 Å². The lowest BCUT2D eigenvalue weighted by Gasteiger charge is -2.11. The van der Waals surface area contributed by atoms with Gasteiger partial charge in [-0.15, -0.1) is 10.2 Å². The number of thioether (sulfide) groups is 1. The van der Waals surface area contributed by atoms with Gasteiger partial charge < -0.3 is 0 Å². The standard InChI is InChI=1S/C16H14FN5O2S2/c1-3-25-16-20-19-15(26-16)18-14(24)13-12(23)8-9(2)22(21-13)11-7-5-4-6-10(11)17/h4-8H,3H2,1-2H3,(H,18,19,24). The second kappa shape index (κ2) is 7.75. The number of carbonyl (C=O) groups excluding carboxylic acids is 1. The van der Waals surface area contributed by atoms with Gasteiger partial charge in [0.05, 0.1) is 0 Å². The van der Waals surface area contributed by atoms with E-state index in [1.54, 1.807) is 19.1 Å². The SMILES string of the molecule is CCSc1nnc(NC(=O)c2nn(-c3ccccc3F)c(C)cc2=O)s1. The molecule has 26 heavy (non-hydrogen) atoms. The Hall–Kier alpha value is -2.59. The number of aromatic nitrogens is 4. The van der Waals surface area contributed by atoms with E-state index in [0.717, 1.165) is 5.75 Å². The van der Waals surface area contributed by atoms with Crippen LogP contribution < -0.4 is 10.7 Å². The van der Waals surface area contributed by atoms with E-state index in [1.807, 2.05) is 6.92 Å². The van der Waals surface area contributed by atoms with Crippen LogP contribution in [0.3, 0.4) is 0 Å². The molecule has 1 aromatic carbocycles. The summed E-state index contributed by atoms with van der Waals surface area (Å²) in [5, 5.41) is 14.6. The number of hydrogen-bond donors (Lipinski definition) is 1. The van der Waals surface area contributed by atoms with Crippen molar-refractivity contribution in [2.45, 2.75) is 18.2 Å². The van der Waals surface area contributed by atoms with Gasteiger partial charge in [0, 0.05) is 11.8 Å². The number of halogens is 1. The molecule has 0 saturated carbocycles. The van der Waals surface area contributed by atoms with Gasteiger partial charge in [0.25, 0.3) is 5.91 Å². The van der Waals surface area contributed by atoms with Crippen molar-refractivity contribution in [2.24, 2.45) is 0 Å². The Kier molecular flexibility index (Phi) is 5.43. The van der Waals surface area contributed by atoms with E-state index in [0.29, 0.717) is 10.0 Å². The molecule has 0 aliphatic heterocycles. The van der Waals surface area contributed by atoms with E-state index >= 15 is 0 Å². The molecule has 10 heteroatoms. The fourth-order valence-electron chi connectivity index (χ4n) is 2.17. The summed E-state index contributed by atoms with van der Waals surface area (Å²) in [6.45, 7) is 3.59. The van der Waals surface area contributed by atoms with Gasteiger partial charge in [0.2, 0.25) is 10.6 Å². The number of benzene rings is 1. The molecule has 7 nitrogen and oxygen atoms in total. The largest absolute Gasteiger partial charge is 0.295 e. The van der Waals surface area contributed by atoms with Crippen molar-refractivity contribution in [3.63, 3.8) is 0 Å². The number of anilines is 1. The number of hydrogen-bond acceptors (Lipinski definition) is 7. The molecule has 2 aromatic heterocycles. The van der Waals surface area contributed by atoms with Gasteiger partial charge >= 0.3 is 0 Å². The number of carbonyl (C=O) groups is 1. The number of amides is 1. The Bertz CT molecular complexity index is 1020. The molecule has 3 rings (SSSR count). The summed E-state index contributed by atoms with van der Waals surface area (Å²) >= 11 is 2.70. The Morgan fingerprint density at radius 1 is 1.35 bits per heavy atom. The molecule has 3 aromatic rings. The number of nitrogens with zero attached hydrogens (tertiary/aromatic N) is 4. The fourth-order valence-corrected chi connectivity index (χ4v) is 3.81. The number of aryl methyl sites for hydroxylation is 1. The van der Waals surface area contributed by atoms with Crippen molar-refractivity contribution in [3.05, 3.63) is 57.8 Å². The molecule has 1 amide bonds. The maximum Gasteiger partial charge on any atom is 0.282 e. The van der Waals surface area contributed by atoms with Gasteiger partial charge in [-0.25, -0.2) is 9.07 Å². The highest BCUT2D eigenvalue weighted by Crippen LogP contribution is 2.25. The number of para-hydroxylation sites is 1. The second-order valence-corrected chi connectivity index (χ2v) is 7.61. The molecule has 134 valence electrons. The zero-order valence-corrected chi connectivity index (χ0v) is 15.5. The first-order valence-electron chi connectivity index (χ1n) is 7.63. The van der Waals surface area contributed by atoms with Crippen molar-refractivity contribution >= 4 is 34.1 Å². The van der Waals surface area contributed by atoms with E-state index in [-0.39, 0.29) is 16.5 Å². The van der Waals surface area contributed by atoms with Crippen molar-refractivity contribution in [1.82, 2.24) is 20.0 Å². The first kappa shape index (κ1) is 18.2. The Balaban J connectivity index is 1.94. The third-order valence-electron chi connectivity index (χ3n) is 3.30. The van der Waals surface area contributed by atoms with Crippen molar-refractivity contribution in [3.8, 4) is 5.69 Å². The summed E-state index contributed by atoms with van der Waals surface area (Å²) < 4.78 is 16.0. The molecule has 1 N–H and O–H groups in total. The minimum Gasteiger partial charge on any atom is -0.295 e. The highest BCUT2D eigenvalue weighted by Gasteiger charge is 2.18. The van der Waals surface area contributed by atoms with E-state index in [4.69, 9.17) is 0 Å². The minimum atomic E-state index is -0.718.